The van der Waals surface area contributed by atoms with Gasteiger partial charge in [0.25, 0.3) is 5.69 Å². The third kappa shape index (κ3) is 3.76. The lowest BCUT2D eigenvalue weighted by Gasteiger charge is -2.28. The fourth-order valence-electron chi connectivity index (χ4n) is 1.97. The Labute approximate surface area is 122 Å². The normalized spacial score (nSPS) is 13.3. The number of rotatable bonds is 8. The number of nitro benzene ring substituents is 1. The van der Waals surface area contributed by atoms with E-state index in [2.05, 4.69) is 0 Å². The second kappa shape index (κ2) is 7.46. The fraction of sp³-hybridized carbons (Fsp3) is 0.500. The van der Waals surface area contributed by atoms with Crippen molar-refractivity contribution in [3.63, 3.8) is 0 Å². The predicted molar refractivity (Wildman–Crippen MR) is 75.2 cm³/mol. The lowest BCUT2D eigenvalue weighted by Crippen LogP contribution is -2.43. The van der Waals surface area contributed by atoms with Crippen molar-refractivity contribution in [1.82, 2.24) is 4.31 Å². The summed E-state index contributed by atoms with van der Waals surface area (Å²) in [4.78, 5) is 9.76. The van der Waals surface area contributed by atoms with Crippen molar-refractivity contribution in [1.29, 1.82) is 0 Å². The van der Waals surface area contributed by atoms with Crippen LogP contribution >= 0.6 is 0 Å². The monoisotopic (exact) mass is 318 g/mol. The minimum Gasteiger partial charge on any atom is -0.395 e. The van der Waals surface area contributed by atoms with E-state index in [9.17, 15) is 23.6 Å². The summed E-state index contributed by atoms with van der Waals surface area (Å²) < 4.78 is 26.1. The number of para-hydroxylation sites is 1. The summed E-state index contributed by atoms with van der Waals surface area (Å²) in [5.41, 5.74) is -0.534. The molecule has 1 atom stereocenters. The molecule has 0 aliphatic carbocycles. The predicted octanol–water partition coefficient (Wildman–Crippen LogP) is 0.349. The Bertz CT molecular complexity index is 585. The van der Waals surface area contributed by atoms with Gasteiger partial charge in [0.15, 0.2) is 4.90 Å². The molecule has 0 saturated carbocycles. The molecular weight excluding hydrogens is 300 g/mol. The van der Waals surface area contributed by atoms with Crippen LogP contribution < -0.4 is 0 Å². The quantitative estimate of drug-likeness (QED) is 0.527. The molecular formula is C12H18N2O6S. The van der Waals surface area contributed by atoms with E-state index in [1.165, 1.54) is 12.1 Å². The highest BCUT2D eigenvalue weighted by atomic mass is 32.2. The van der Waals surface area contributed by atoms with E-state index in [1.807, 2.05) is 0 Å². The third-order valence-electron chi connectivity index (χ3n) is 3.06. The summed E-state index contributed by atoms with van der Waals surface area (Å²) in [6, 6.07) is 4.25. The topological polar surface area (TPSA) is 121 Å². The SMILES string of the molecule is CCC(CO)N(CCO)S(=O)(=O)c1ccccc1[N+](=O)[O-]. The average molecular weight is 318 g/mol. The largest absolute Gasteiger partial charge is 0.395 e. The van der Waals surface area contributed by atoms with Crippen LogP contribution in [0.1, 0.15) is 13.3 Å². The number of nitrogens with zero attached hydrogens (tertiary/aromatic N) is 2. The second-order valence-corrected chi connectivity index (χ2v) is 6.17. The van der Waals surface area contributed by atoms with E-state index in [4.69, 9.17) is 5.11 Å². The smallest absolute Gasteiger partial charge is 0.289 e. The van der Waals surface area contributed by atoms with Gasteiger partial charge in [-0.1, -0.05) is 19.1 Å². The Balaban J connectivity index is 3.39. The lowest BCUT2D eigenvalue weighted by molar-refractivity contribution is -0.387. The number of sulfonamides is 1. The zero-order chi connectivity index (χ0) is 16.0. The van der Waals surface area contributed by atoms with Crippen LogP contribution in [0.4, 0.5) is 5.69 Å². The van der Waals surface area contributed by atoms with E-state index in [0.29, 0.717) is 6.42 Å². The van der Waals surface area contributed by atoms with Gasteiger partial charge in [0.2, 0.25) is 10.0 Å². The molecule has 0 radical (unpaired) electrons. The van der Waals surface area contributed by atoms with E-state index in [0.717, 1.165) is 16.4 Å². The van der Waals surface area contributed by atoms with Crippen molar-refractivity contribution in [2.24, 2.45) is 0 Å². The Morgan fingerprint density at radius 1 is 1.33 bits per heavy atom. The molecule has 0 amide bonds. The molecule has 1 unspecified atom stereocenters. The van der Waals surface area contributed by atoms with Crippen molar-refractivity contribution >= 4 is 15.7 Å². The third-order valence-corrected chi connectivity index (χ3v) is 5.06. The van der Waals surface area contributed by atoms with Gasteiger partial charge < -0.3 is 10.2 Å². The number of aliphatic hydroxyl groups is 2. The number of aliphatic hydroxyl groups excluding tert-OH is 2. The molecule has 1 aromatic rings. The van der Waals surface area contributed by atoms with Crippen molar-refractivity contribution < 1.29 is 23.6 Å². The van der Waals surface area contributed by atoms with Gasteiger partial charge in [-0.15, -0.1) is 0 Å². The van der Waals surface area contributed by atoms with Gasteiger partial charge >= 0.3 is 0 Å². The van der Waals surface area contributed by atoms with Crippen molar-refractivity contribution in [3.05, 3.63) is 34.4 Å². The summed E-state index contributed by atoms with van der Waals surface area (Å²) in [6.45, 7) is 0.556. The number of benzene rings is 1. The van der Waals surface area contributed by atoms with Crippen LogP contribution in [0, 0.1) is 10.1 Å². The first-order valence-corrected chi connectivity index (χ1v) is 7.81. The minimum absolute atomic E-state index is 0.243. The molecule has 9 heteroatoms. The van der Waals surface area contributed by atoms with E-state index in [1.54, 1.807) is 6.92 Å². The van der Waals surface area contributed by atoms with Crippen LogP contribution in [-0.4, -0.2) is 53.7 Å². The summed E-state index contributed by atoms with van der Waals surface area (Å²) in [5.74, 6) is 0. The highest BCUT2D eigenvalue weighted by molar-refractivity contribution is 7.89. The van der Waals surface area contributed by atoms with Gasteiger partial charge in [0.1, 0.15) is 0 Å². The summed E-state index contributed by atoms with van der Waals surface area (Å²) in [7, 11) is -4.19. The molecule has 1 rings (SSSR count). The second-order valence-electron chi connectivity index (χ2n) is 4.31. The molecule has 2 N–H and O–H groups in total. The maximum absolute atomic E-state index is 12.6. The molecule has 118 valence electrons. The molecule has 0 aromatic heterocycles. The fourth-order valence-corrected chi connectivity index (χ4v) is 3.81. The molecule has 0 aliphatic heterocycles. The first kappa shape index (κ1) is 17.5. The number of hydrogen-bond acceptors (Lipinski definition) is 6. The van der Waals surface area contributed by atoms with Gasteiger partial charge in [-0.05, 0) is 12.5 Å². The maximum atomic E-state index is 12.6. The van der Waals surface area contributed by atoms with Crippen LogP contribution in [0.3, 0.4) is 0 Å². The summed E-state index contributed by atoms with van der Waals surface area (Å²) in [6.07, 6.45) is 0.316. The van der Waals surface area contributed by atoms with E-state index < -0.39 is 44.8 Å². The van der Waals surface area contributed by atoms with Crippen molar-refractivity contribution in [2.75, 3.05) is 19.8 Å². The highest BCUT2D eigenvalue weighted by Gasteiger charge is 2.34. The molecule has 0 bridgehead atoms. The first-order chi connectivity index (χ1) is 9.89. The molecule has 0 aliphatic rings. The standard InChI is InChI=1S/C12H18N2O6S/c1-2-10(9-16)13(7-8-15)21(19,20)12-6-4-3-5-11(12)14(17)18/h3-6,10,15-16H,2,7-9H2,1H3. The van der Waals surface area contributed by atoms with Crippen LogP contribution in [0.2, 0.25) is 0 Å². The zero-order valence-electron chi connectivity index (χ0n) is 11.5. The zero-order valence-corrected chi connectivity index (χ0v) is 12.4. The maximum Gasteiger partial charge on any atom is 0.289 e. The number of hydrogen-bond donors (Lipinski definition) is 2. The summed E-state index contributed by atoms with van der Waals surface area (Å²) in [5, 5.41) is 29.3. The van der Waals surface area contributed by atoms with E-state index >= 15 is 0 Å². The number of nitro groups is 1. The van der Waals surface area contributed by atoms with Gasteiger partial charge in [-0.3, -0.25) is 10.1 Å². The Morgan fingerprint density at radius 3 is 2.43 bits per heavy atom. The van der Waals surface area contributed by atoms with Gasteiger partial charge in [-0.2, -0.15) is 4.31 Å². The van der Waals surface area contributed by atoms with Crippen molar-refractivity contribution in [3.8, 4) is 0 Å². The van der Waals surface area contributed by atoms with Crippen LogP contribution in [0.25, 0.3) is 0 Å². The van der Waals surface area contributed by atoms with Crippen LogP contribution in [0.5, 0.6) is 0 Å². The molecule has 0 fully saturated rings. The Hall–Kier alpha value is -1.55. The molecule has 21 heavy (non-hydrogen) atoms. The van der Waals surface area contributed by atoms with Crippen molar-refractivity contribution in [2.45, 2.75) is 24.3 Å². The van der Waals surface area contributed by atoms with Gasteiger partial charge in [-0.25, -0.2) is 8.42 Å². The molecule has 0 heterocycles. The minimum atomic E-state index is -4.19. The van der Waals surface area contributed by atoms with Crippen LogP contribution in [0.15, 0.2) is 29.2 Å². The van der Waals surface area contributed by atoms with Crippen LogP contribution in [-0.2, 0) is 10.0 Å². The van der Waals surface area contributed by atoms with E-state index in [-0.39, 0.29) is 6.54 Å². The lowest BCUT2D eigenvalue weighted by atomic mass is 10.2. The van der Waals surface area contributed by atoms with Gasteiger partial charge in [0, 0.05) is 18.7 Å². The highest BCUT2D eigenvalue weighted by Crippen LogP contribution is 2.27. The van der Waals surface area contributed by atoms with Gasteiger partial charge in [0.05, 0.1) is 18.1 Å². The molecule has 0 saturated heterocycles. The Morgan fingerprint density at radius 2 is 1.95 bits per heavy atom. The molecule has 1 aromatic carbocycles. The molecule has 8 nitrogen and oxygen atoms in total. The summed E-state index contributed by atoms with van der Waals surface area (Å²) >= 11 is 0. The first-order valence-electron chi connectivity index (χ1n) is 6.37. The Kier molecular flexibility index (Phi) is 6.21. The average Bonchev–Trinajstić information content (AvgIpc) is 2.47. The molecule has 0 spiro atoms.